The minimum atomic E-state index is -0.0672. The number of carbonyl (C=O) groups excluding carboxylic acids is 1. The van der Waals surface area contributed by atoms with E-state index >= 15 is 0 Å². The molecule has 1 amide bonds. The fourth-order valence-electron chi connectivity index (χ4n) is 1.23. The van der Waals surface area contributed by atoms with Crippen LogP contribution in [0.25, 0.3) is 0 Å². The number of hydrogen-bond acceptors (Lipinski definition) is 4. The molecule has 0 aliphatic carbocycles. The third-order valence-electron chi connectivity index (χ3n) is 2.06. The molecule has 0 aliphatic rings. The van der Waals surface area contributed by atoms with Crippen molar-refractivity contribution < 1.29 is 14.3 Å². The van der Waals surface area contributed by atoms with Crippen LogP contribution in [-0.4, -0.2) is 32.8 Å². The maximum Gasteiger partial charge on any atom is 0.226 e. The van der Waals surface area contributed by atoms with Gasteiger partial charge >= 0.3 is 0 Å². The first-order chi connectivity index (χ1) is 8.26. The van der Waals surface area contributed by atoms with Gasteiger partial charge in [-0.1, -0.05) is 0 Å². The summed E-state index contributed by atoms with van der Waals surface area (Å²) in [7, 11) is 1.57. The van der Waals surface area contributed by atoms with Crippen molar-refractivity contribution in [3.63, 3.8) is 0 Å². The average Bonchev–Trinajstić information content (AvgIpc) is 2.35. The Kier molecular flexibility index (Phi) is 6.06. The van der Waals surface area contributed by atoms with Crippen molar-refractivity contribution >= 4 is 11.6 Å². The molecule has 0 saturated carbocycles. The number of methoxy groups -OCH3 is 1. The SMILES string of the molecule is COCCC(=O)Nc1ccc(OCCN)cc1. The number of rotatable bonds is 7. The summed E-state index contributed by atoms with van der Waals surface area (Å²) in [6.07, 6.45) is 0.349. The number of benzene rings is 1. The van der Waals surface area contributed by atoms with E-state index in [0.29, 0.717) is 26.2 Å². The molecule has 94 valence electrons. The average molecular weight is 238 g/mol. The molecule has 0 aliphatic heterocycles. The van der Waals surface area contributed by atoms with Crippen molar-refractivity contribution in [1.82, 2.24) is 0 Å². The molecule has 0 aromatic heterocycles. The second-order valence-corrected chi connectivity index (χ2v) is 3.45. The van der Waals surface area contributed by atoms with Crippen LogP contribution in [0.3, 0.4) is 0 Å². The standard InChI is InChI=1S/C12H18N2O3/c1-16-8-6-12(15)14-10-2-4-11(5-3-10)17-9-7-13/h2-5H,6-9,13H2,1H3,(H,14,15). The van der Waals surface area contributed by atoms with Crippen LogP contribution in [0.5, 0.6) is 5.75 Å². The van der Waals surface area contributed by atoms with Crippen molar-refractivity contribution in [2.75, 3.05) is 32.2 Å². The molecule has 0 heterocycles. The normalized spacial score (nSPS) is 10.0. The van der Waals surface area contributed by atoms with Crippen molar-refractivity contribution in [2.45, 2.75) is 6.42 Å². The van der Waals surface area contributed by atoms with Crippen LogP contribution < -0.4 is 15.8 Å². The van der Waals surface area contributed by atoms with Gasteiger partial charge in [0.05, 0.1) is 13.0 Å². The van der Waals surface area contributed by atoms with Crippen molar-refractivity contribution in [3.05, 3.63) is 24.3 Å². The molecule has 0 fully saturated rings. The predicted molar refractivity (Wildman–Crippen MR) is 66.1 cm³/mol. The number of hydrogen-bond donors (Lipinski definition) is 2. The topological polar surface area (TPSA) is 73.6 Å². The smallest absolute Gasteiger partial charge is 0.226 e. The third kappa shape index (κ3) is 5.33. The fourth-order valence-corrected chi connectivity index (χ4v) is 1.23. The van der Waals surface area contributed by atoms with Gasteiger partial charge < -0.3 is 20.5 Å². The molecule has 0 saturated heterocycles. The van der Waals surface area contributed by atoms with Crippen molar-refractivity contribution in [1.29, 1.82) is 0 Å². The van der Waals surface area contributed by atoms with E-state index in [1.165, 1.54) is 0 Å². The van der Waals surface area contributed by atoms with Crippen LogP contribution >= 0.6 is 0 Å². The highest BCUT2D eigenvalue weighted by Crippen LogP contribution is 2.15. The summed E-state index contributed by atoms with van der Waals surface area (Å²) in [5.41, 5.74) is 6.07. The quantitative estimate of drug-likeness (QED) is 0.743. The molecule has 5 heteroatoms. The number of nitrogens with two attached hydrogens (primary N) is 1. The highest BCUT2D eigenvalue weighted by molar-refractivity contribution is 5.90. The van der Waals surface area contributed by atoms with Gasteiger partial charge in [0.25, 0.3) is 0 Å². The second-order valence-electron chi connectivity index (χ2n) is 3.45. The maximum atomic E-state index is 11.4. The van der Waals surface area contributed by atoms with E-state index in [9.17, 15) is 4.79 Å². The molecule has 1 rings (SSSR count). The summed E-state index contributed by atoms with van der Waals surface area (Å²) in [4.78, 5) is 11.4. The summed E-state index contributed by atoms with van der Waals surface area (Å²) in [6, 6.07) is 7.16. The zero-order valence-electron chi connectivity index (χ0n) is 9.94. The summed E-state index contributed by atoms with van der Waals surface area (Å²) < 4.78 is 10.1. The molecule has 3 N–H and O–H groups in total. The second kappa shape index (κ2) is 7.65. The molecular formula is C12H18N2O3. The van der Waals surface area contributed by atoms with E-state index in [2.05, 4.69) is 5.32 Å². The number of ether oxygens (including phenoxy) is 2. The number of amides is 1. The Bertz CT molecular complexity index is 338. The Morgan fingerprint density at radius 1 is 1.29 bits per heavy atom. The summed E-state index contributed by atoms with van der Waals surface area (Å²) >= 11 is 0. The molecule has 0 radical (unpaired) electrons. The lowest BCUT2D eigenvalue weighted by atomic mass is 10.3. The van der Waals surface area contributed by atoms with Crippen molar-refractivity contribution in [2.24, 2.45) is 5.73 Å². The minimum Gasteiger partial charge on any atom is -0.492 e. The number of carbonyl (C=O) groups is 1. The first kappa shape index (κ1) is 13.5. The summed E-state index contributed by atoms with van der Waals surface area (Å²) in [6.45, 7) is 1.39. The highest BCUT2D eigenvalue weighted by Gasteiger charge is 2.01. The van der Waals surface area contributed by atoms with Gasteiger partial charge in [-0.3, -0.25) is 4.79 Å². The molecule has 5 nitrogen and oxygen atoms in total. The van der Waals surface area contributed by atoms with Crippen LogP contribution in [0, 0.1) is 0 Å². The molecule has 0 spiro atoms. The zero-order chi connectivity index (χ0) is 12.5. The zero-order valence-corrected chi connectivity index (χ0v) is 9.94. The van der Waals surface area contributed by atoms with Crippen LogP contribution in [0.4, 0.5) is 5.69 Å². The summed E-state index contributed by atoms with van der Waals surface area (Å²) in [5, 5.41) is 2.76. The predicted octanol–water partition coefficient (Wildman–Crippen LogP) is 0.999. The molecule has 0 unspecified atom stereocenters. The van der Waals surface area contributed by atoms with Gasteiger partial charge in [0.15, 0.2) is 0 Å². The van der Waals surface area contributed by atoms with Crippen LogP contribution in [-0.2, 0) is 9.53 Å². The van der Waals surface area contributed by atoms with E-state index in [1.807, 2.05) is 0 Å². The third-order valence-corrected chi connectivity index (χ3v) is 2.06. The summed E-state index contributed by atoms with van der Waals surface area (Å²) in [5.74, 6) is 0.674. The van der Waals surface area contributed by atoms with Gasteiger partial charge in [0, 0.05) is 19.3 Å². The van der Waals surface area contributed by atoms with Gasteiger partial charge in [-0.05, 0) is 24.3 Å². The first-order valence-corrected chi connectivity index (χ1v) is 5.48. The van der Waals surface area contributed by atoms with Crippen LogP contribution in [0.1, 0.15) is 6.42 Å². The van der Waals surface area contributed by atoms with Gasteiger partial charge in [-0.25, -0.2) is 0 Å². The molecule has 1 aromatic rings. The lowest BCUT2D eigenvalue weighted by molar-refractivity contribution is -0.117. The lowest BCUT2D eigenvalue weighted by Crippen LogP contribution is -2.13. The van der Waals surface area contributed by atoms with Crippen LogP contribution in [0.15, 0.2) is 24.3 Å². The Morgan fingerprint density at radius 3 is 2.59 bits per heavy atom. The van der Waals surface area contributed by atoms with Gasteiger partial charge in [-0.15, -0.1) is 0 Å². The molecular weight excluding hydrogens is 220 g/mol. The van der Waals surface area contributed by atoms with E-state index in [-0.39, 0.29) is 5.91 Å². The monoisotopic (exact) mass is 238 g/mol. The Hall–Kier alpha value is -1.59. The maximum absolute atomic E-state index is 11.4. The number of anilines is 1. The van der Waals surface area contributed by atoms with Gasteiger partial charge in [0.1, 0.15) is 12.4 Å². The Balaban J connectivity index is 2.42. The van der Waals surface area contributed by atoms with Gasteiger partial charge in [-0.2, -0.15) is 0 Å². The van der Waals surface area contributed by atoms with E-state index in [4.69, 9.17) is 15.2 Å². The number of nitrogens with one attached hydrogen (secondary N) is 1. The fraction of sp³-hybridized carbons (Fsp3) is 0.417. The molecule has 0 bridgehead atoms. The largest absolute Gasteiger partial charge is 0.492 e. The van der Waals surface area contributed by atoms with Crippen molar-refractivity contribution in [3.8, 4) is 5.75 Å². The highest BCUT2D eigenvalue weighted by atomic mass is 16.5. The first-order valence-electron chi connectivity index (χ1n) is 5.48. The lowest BCUT2D eigenvalue weighted by Gasteiger charge is -2.07. The molecule has 17 heavy (non-hydrogen) atoms. The minimum absolute atomic E-state index is 0.0672. The molecule has 0 atom stereocenters. The van der Waals surface area contributed by atoms with Gasteiger partial charge in [0.2, 0.25) is 5.91 Å². The van der Waals surface area contributed by atoms with E-state index in [0.717, 1.165) is 11.4 Å². The molecule has 1 aromatic carbocycles. The Morgan fingerprint density at radius 2 is 2.00 bits per heavy atom. The van der Waals surface area contributed by atoms with E-state index in [1.54, 1.807) is 31.4 Å². The Labute approximate surface area is 101 Å². The van der Waals surface area contributed by atoms with E-state index < -0.39 is 0 Å². The van der Waals surface area contributed by atoms with Crippen LogP contribution in [0.2, 0.25) is 0 Å².